The molecule has 4 rings (SSSR count). The van der Waals surface area contributed by atoms with Crippen molar-refractivity contribution in [3.05, 3.63) is 72.2 Å². The topological polar surface area (TPSA) is 76.2 Å². The molecule has 0 bridgehead atoms. The van der Waals surface area contributed by atoms with Crippen molar-refractivity contribution in [2.45, 2.75) is 25.6 Å². The van der Waals surface area contributed by atoms with Gasteiger partial charge < -0.3 is 9.73 Å². The normalized spacial score (nSPS) is 17.0. The number of amides is 1. The summed E-state index contributed by atoms with van der Waals surface area (Å²) >= 11 is 0. The van der Waals surface area contributed by atoms with Crippen LogP contribution in [0.15, 0.2) is 59.6 Å². The van der Waals surface area contributed by atoms with Gasteiger partial charge in [0.15, 0.2) is 5.76 Å². The minimum Gasteiger partial charge on any atom is -0.459 e. The highest BCUT2D eigenvalue weighted by molar-refractivity contribution is 5.91. The Morgan fingerprint density at radius 1 is 1.23 bits per heavy atom. The Morgan fingerprint density at radius 3 is 2.92 bits per heavy atom. The number of carbonyl (C=O) groups excluding carboxylic acids is 1. The monoisotopic (exact) mass is 351 g/mol. The molecular weight excluding hydrogens is 330 g/mol. The fourth-order valence-corrected chi connectivity index (χ4v) is 3.39. The molecule has 4 heterocycles. The maximum absolute atomic E-state index is 12.0. The number of carbonyl (C=O) groups is 1. The first kappa shape index (κ1) is 16.5. The van der Waals surface area contributed by atoms with Crippen molar-refractivity contribution in [2.75, 3.05) is 13.1 Å². The van der Waals surface area contributed by atoms with Gasteiger partial charge in [0.25, 0.3) is 5.91 Å². The first-order chi connectivity index (χ1) is 12.8. The Hall–Kier alpha value is -2.93. The van der Waals surface area contributed by atoms with Gasteiger partial charge in [0.2, 0.25) is 0 Å². The quantitative estimate of drug-likeness (QED) is 0.737. The molecular formula is C19H21N5O2. The van der Waals surface area contributed by atoms with E-state index < -0.39 is 0 Å². The van der Waals surface area contributed by atoms with E-state index in [9.17, 15) is 4.79 Å². The zero-order valence-electron chi connectivity index (χ0n) is 14.4. The zero-order chi connectivity index (χ0) is 17.8. The van der Waals surface area contributed by atoms with E-state index in [1.165, 1.54) is 17.5 Å². The summed E-state index contributed by atoms with van der Waals surface area (Å²) in [5.41, 5.74) is 2.45. The number of fused-ring (bicyclic) bond motifs is 1. The van der Waals surface area contributed by atoms with E-state index >= 15 is 0 Å². The second kappa shape index (κ2) is 7.53. The third kappa shape index (κ3) is 3.67. The van der Waals surface area contributed by atoms with Crippen LogP contribution >= 0.6 is 0 Å². The van der Waals surface area contributed by atoms with Gasteiger partial charge in [-0.1, -0.05) is 0 Å². The van der Waals surface area contributed by atoms with Crippen LogP contribution in [0.2, 0.25) is 0 Å². The summed E-state index contributed by atoms with van der Waals surface area (Å²) in [5, 5.41) is 7.40. The SMILES string of the molecule is O=C(NCC[C@H]1CN(Cc2ccncc2)Cc2ccnn21)c1ccco1. The minimum atomic E-state index is -0.180. The Bertz CT molecular complexity index is 844. The van der Waals surface area contributed by atoms with Crippen LogP contribution in [0.3, 0.4) is 0 Å². The average Bonchev–Trinajstić information content (AvgIpc) is 3.34. The van der Waals surface area contributed by atoms with Gasteiger partial charge in [-0.05, 0) is 42.3 Å². The predicted octanol–water partition coefficient (Wildman–Crippen LogP) is 2.25. The van der Waals surface area contributed by atoms with Crippen LogP contribution in [0.4, 0.5) is 0 Å². The molecule has 3 aromatic rings. The summed E-state index contributed by atoms with van der Waals surface area (Å²) in [6.45, 7) is 3.22. The van der Waals surface area contributed by atoms with Gasteiger partial charge in [-0.25, -0.2) is 0 Å². The van der Waals surface area contributed by atoms with Crippen LogP contribution in [-0.4, -0.2) is 38.7 Å². The lowest BCUT2D eigenvalue weighted by Gasteiger charge is -2.34. The van der Waals surface area contributed by atoms with Crippen LogP contribution in [0.1, 0.15) is 34.3 Å². The summed E-state index contributed by atoms with van der Waals surface area (Å²) in [4.78, 5) is 18.5. The Morgan fingerprint density at radius 2 is 2.12 bits per heavy atom. The molecule has 7 heteroatoms. The molecule has 0 unspecified atom stereocenters. The molecule has 134 valence electrons. The maximum Gasteiger partial charge on any atom is 0.286 e. The molecule has 26 heavy (non-hydrogen) atoms. The molecule has 7 nitrogen and oxygen atoms in total. The van der Waals surface area contributed by atoms with E-state index in [2.05, 4.69) is 31.0 Å². The average molecular weight is 351 g/mol. The van der Waals surface area contributed by atoms with Crippen molar-refractivity contribution in [3.8, 4) is 0 Å². The number of nitrogens with zero attached hydrogens (tertiary/aromatic N) is 4. The van der Waals surface area contributed by atoms with Crippen molar-refractivity contribution < 1.29 is 9.21 Å². The highest BCUT2D eigenvalue weighted by atomic mass is 16.3. The van der Waals surface area contributed by atoms with Gasteiger partial charge >= 0.3 is 0 Å². The Balaban J connectivity index is 1.38. The lowest BCUT2D eigenvalue weighted by Crippen LogP contribution is -2.38. The highest BCUT2D eigenvalue weighted by Crippen LogP contribution is 2.24. The third-order valence-electron chi connectivity index (χ3n) is 4.62. The molecule has 0 fully saturated rings. The first-order valence-electron chi connectivity index (χ1n) is 8.75. The molecule has 0 saturated heterocycles. The van der Waals surface area contributed by atoms with Crippen LogP contribution < -0.4 is 5.32 Å². The molecule has 0 saturated carbocycles. The van der Waals surface area contributed by atoms with Gasteiger partial charge in [0.05, 0.1) is 18.0 Å². The zero-order valence-corrected chi connectivity index (χ0v) is 14.4. The second-order valence-corrected chi connectivity index (χ2v) is 6.47. The molecule has 0 radical (unpaired) electrons. The maximum atomic E-state index is 12.0. The summed E-state index contributed by atoms with van der Waals surface area (Å²) < 4.78 is 7.21. The number of hydrogen-bond acceptors (Lipinski definition) is 5. The number of hydrogen-bond donors (Lipinski definition) is 1. The van der Waals surface area contributed by atoms with Gasteiger partial charge in [-0.3, -0.25) is 19.4 Å². The number of aromatic nitrogens is 3. The number of nitrogens with one attached hydrogen (secondary N) is 1. The van der Waals surface area contributed by atoms with Crippen molar-refractivity contribution in [3.63, 3.8) is 0 Å². The van der Waals surface area contributed by atoms with Crippen LogP contribution in [0.5, 0.6) is 0 Å². The molecule has 0 spiro atoms. The summed E-state index contributed by atoms with van der Waals surface area (Å²) in [5.74, 6) is 0.160. The Labute approximate surface area is 151 Å². The summed E-state index contributed by atoms with van der Waals surface area (Å²) in [6, 6.07) is 9.76. The largest absolute Gasteiger partial charge is 0.459 e. The molecule has 0 aromatic carbocycles. The van der Waals surface area contributed by atoms with E-state index in [0.717, 1.165) is 26.1 Å². The van der Waals surface area contributed by atoms with Gasteiger partial charge in [-0.15, -0.1) is 0 Å². The van der Waals surface area contributed by atoms with Crippen molar-refractivity contribution >= 4 is 5.91 Å². The molecule has 1 amide bonds. The number of furan rings is 1. The molecule has 0 aliphatic carbocycles. The second-order valence-electron chi connectivity index (χ2n) is 6.47. The van der Waals surface area contributed by atoms with Crippen LogP contribution in [0.25, 0.3) is 0 Å². The number of rotatable bonds is 6. The minimum absolute atomic E-state index is 0.180. The standard InChI is InChI=1S/C19H21N5O2/c25-19(18-2-1-11-26-18)21-9-5-16-13-23(12-15-3-7-20-8-4-15)14-17-6-10-22-24(16)17/h1-4,6-8,10-11,16H,5,9,12-14H2,(H,21,25)/t16-/m0/s1. The lowest BCUT2D eigenvalue weighted by molar-refractivity contribution is 0.0919. The lowest BCUT2D eigenvalue weighted by atomic mass is 10.1. The van der Waals surface area contributed by atoms with E-state index in [1.54, 1.807) is 12.1 Å². The molecule has 1 N–H and O–H groups in total. The summed E-state index contributed by atoms with van der Waals surface area (Å²) in [7, 11) is 0. The van der Waals surface area contributed by atoms with E-state index in [4.69, 9.17) is 4.42 Å². The predicted molar refractivity (Wildman–Crippen MR) is 95.3 cm³/mol. The highest BCUT2D eigenvalue weighted by Gasteiger charge is 2.25. The van der Waals surface area contributed by atoms with Gasteiger partial charge in [-0.2, -0.15) is 5.10 Å². The molecule has 1 atom stereocenters. The fourth-order valence-electron chi connectivity index (χ4n) is 3.39. The number of pyridine rings is 1. The van der Waals surface area contributed by atoms with E-state index in [1.807, 2.05) is 30.7 Å². The van der Waals surface area contributed by atoms with Crippen molar-refractivity contribution in [1.29, 1.82) is 0 Å². The Kier molecular flexibility index (Phi) is 4.79. The smallest absolute Gasteiger partial charge is 0.286 e. The van der Waals surface area contributed by atoms with E-state index in [0.29, 0.717) is 12.3 Å². The third-order valence-corrected chi connectivity index (χ3v) is 4.62. The van der Waals surface area contributed by atoms with Gasteiger partial charge in [0.1, 0.15) is 0 Å². The fraction of sp³-hybridized carbons (Fsp3) is 0.316. The molecule has 3 aromatic heterocycles. The summed E-state index contributed by atoms with van der Waals surface area (Å²) in [6.07, 6.45) is 7.81. The van der Waals surface area contributed by atoms with Crippen LogP contribution in [0, 0.1) is 0 Å². The van der Waals surface area contributed by atoms with Crippen molar-refractivity contribution in [1.82, 2.24) is 25.0 Å². The van der Waals surface area contributed by atoms with Crippen LogP contribution in [-0.2, 0) is 13.1 Å². The molecule has 1 aliphatic heterocycles. The van der Waals surface area contributed by atoms with Crippen molar-refractivity contribution in [2.24, 2.45) is 0 Å². The van der Waals surface area contributed by atoms with E-state index in [-0.39, 0.29) is 11.9 Å². The first-order valence-corrected chi connectivity index (χ1v) is 8.75. The van der Waals surface area contributed by atoms with Gasteiger partial charge in [0, 0.05) is 44.8 Å². The molecule has 1 aliphatic rings.